The fourth-order valence-corrected chi connectivity index (χ4v) is 5.42. The van der Waals surface area contributed by atoms with Gasteiger partial charge in [-0.1, -0.05) is 36.8 Å². The maximum absolute atomic E-state index is 13.6. The summed E-state index contributed by atoms with van der Waals surface area (Å²) in [5.74, 6) is -0.429. The molecule has 1 aliphatic rings. The van der Waals surface area contributed by atoms with Gasteiger partial charge in [0.05, 0.1) is 10.9 Å². The molecule has 0 spiro atoms. The number of allylic oxidation sites excluding steroid dienone is 1. The van der Waals surface area contributed by atoms with Gasteiger partial charge in [0.15, 0.2) is 0 Å². The van der Waals surface area contributed by atoms with Gasteiger partial charge in [-0.05, 0) is 67.5 Å². The molecule has 0 aromatic heterocycles. The lowest BCUT2D eigenvalue weighted by molar-refractivity contribution is -0.123. The number of hydrogen-bond donors (Lipinski definition) is 3. The standard InChI is InChI=1S/C25H32FN3O3S/c1-2-8-22-21-14-13-19(26)17-18(21)12-15-24(22)29-25(30)23(27)11-6-7-16-28-33(31,32)20-9-4-3-5-10-20/h2-5,9-10,13-14,17,22-24,28H,1,6-8,11-12,15-16,27H2,(H,29,30)/t22-,23+,24+/m1/s1. The second kappa shape index (κ2) is 11.5. The Morgan fingerprint density at radius 3 is 2.70 bits per heavy atom. The Kier molecular flexibility index (Phi) is 8.77. The van der Waals surface area contributed by atoms with Crippen LogP contribution in [-0.2, 0) is 21.2 Å². The van der Waals surface area contributed by atoms with Crippen LogP contribution < -0.4 is 15.8 Å². The zero-order chi connectivity index (χ0) is 23.8. The average Bonchev–Trinajstić information content (AvgIpc) is 2.80. The molecule has 0 heterocycles. The number of rotatable bonds is 11. The monoisotopic (exact) mass is 473 g/mol. The molecule has 8 heteroatoms. The van der Waals surface area contributed by atoms with E-state index in [0.29, 0.717) is 38.5 Å². The van der Waals surface area contributed by atoms with E-state index in [9.17, 15) is 17.6 Å². The molecule has 0 bridgehead atoms. The van der Waals surface area contributed by atoms with Crippen molar-refractivity contribution in [2.45, 2.75) is 61.4 Å². The van der Waals surface area contributed by atoms with Gasteiger partial charge in [-0.25, -0.2) is 17.5 Å². The predicted octanol–water partition coefficient (Wildman–Crippen LogP) is 3.39. The van der Waals surface area contributed by atoms with Crippen LogP contribution in [-0.4, -0.2) is 33.0 Å². The van der Waals surface area contributed by atoms with Gasteiger partial charge < -0.3 is 11.1 Å². The van der Waals surface area contributed by atoms with Gasteiger partial charge in [-0.15, -0.1) is 6.58 Å². The van der Waals surface area contributed by atoms with E-state index in [0.717, 1.165) is 11.1 Å². The summed E-state index contributed by atoms with van der Waals surface area (Å²) in [5, 5.41) is 3.08. The lowest BCUT2D eigenvalue weighted by Crippen LogP contribution is -2.48. The van der Waals surface area contributed by atoms with Crippen molar-refractivity contribution in [1.29, 1.82) is 0 Å². The third-order valence-corrected chi connectivity index (χ3v) is 7.56. The Morgan fingerprint density at radius 1 is 1.21 bits per heavy atom. The fraction of sp³-hybridized carbons (Fsp3) is 0.400. The van der Waals surface area contributed by atoms with Crippen molar-refractivity contribution in [2.24, 2.45) is 5.73 Å². The Bertz CT molecular complexity index is 1060. The number of hydrogen-bond acceptors (Lipinski definition) is 4. The summed E-state index contributed by atoms with van der Waals surface area (Å²) in [6.45, 7) is 4.11. The number of nitrogens with two attached hydrogens (primary N) is 1. The van der Waals surface area contributed by atoms with E-state index in [1.165, 1.54) is 6.07 Å². The summed E-state index contributed by atoms with van der Waals surface area (Å²) in [6.07, 6.45) is 5.57. The van der Waals surface area contributed by atoms with Gasteiger partial charge in [0.2, 0.25) is 15.9 Å². The first-order valence-electron chi connectivity index (χ1n) is 11.3. The van der Waals surface area contributed by atoms with E-state index < -0.39 is 16.1 Å². The van der Waals surface area contributed by atoms with Crippen molar-refractivity contribution in [3.63, 3.8) is 0 Å². The third-order valence-electron chi connectivity index (χ3n) is 6.09. The highest BCUT2D eigenvalue weighted by atomic mass is 32.2. The fourth-order valence-electron chi connectivity index (χ4n) is 4.32. The number of carbonyl (C=O) groups excluding carboxylic acids is 1. The zero-order valence-corrected chi connectivity index (χ0v) is 19.5. The SMILES string of the molecule is C=CC[C@@H]1c2ccc(F)cc2CC[C@@H]1NC(=O)[C@@H](N)CCCCNS(=O)(=O)c1ccccc1. The number of sulfonamides is 1. The van der Waals surface area contributed by atoms with Gasteiger partial charge in [-0.3, -0.25) is 4.79 Å². The quantitative estimate of drug-likeness (QED) is 0.344. The maximum atomic E-state index is 13.6. The lowest BCUT2D eigenvalue weighted by atomic mass is 9.77. The summed E-state index contributed by atoms with van der Waals surface area (Å²) >= 11 is 0. The van der Waals surface area contributed by atoms with Crippen molar-refractivity contribution < 1.29 is 17.6 Å². The number of carbonyl (C=O) groups is 1. The second-order valence-electron chi connectivity index (χ2n) is 8.44. The zero-order valence-electron chi connectivity index (χ0n) is 18.7. The molecule has 6 nitrogen and oxygen atoms in total. The molecule has 4 N–H and O–H groups in total. The summed E-state index contributed by atoms with van der Waals surface area (Å²) in [6, 6.07) is 12.3. The van der Waals surface area contributed by atoms with Gasteiger partial charge in [0.1, 0.15) is 5.82 Å². The number of fused-ring (bicyclic) bond motifs is 1. The first kappa shape index (κ1) is 25.1. The summed E-state index contributed by atoms with van der Waals surface area (Å²) in [5.41, 5.74) is 8.14. The normalized spacial score (nSPS) is 18.8. The van der Waals surface area contributed by atoms with Crippen LogP contribution in [0.5, 0.6) is 0 Å². The second-order valence-corrected chi connectivity index (χ2v) is 10.2. The number of nitrogens with one attached hydrogen (secondary N) is 2. The van der Waals surface area contributed by atoms with Gasteiger partial charge >= 0.3 is 0 Å². The molecule has 33 heavy (non-hydrogen) atoms. The van der Waals surface area contributed by atoms with E-state index in [1.807, 2.05) is 6.08 Å². The molecule has 0 aliphatic heterocycles. The van der Waals surface area contributed by atoms with Gasteiger partial charge in [-0.2, -0.15) is 0 Å². The van der Waals surface area contributed by atoms with Crippen molar-refractivity contribution >= 4 is 15.9 Å². The Morgan fingerprint density at radius 2 is 1.97 bits per heavy atom. The van der Waals surface area contributed by atoms with Crippen molar-refractivity contribution in [3.8, 4) is 0 Å². The minimum absolute atomic E-state index is 0.0374. The number of halogens is 1. The number of aryl methyl sites for hydroxylation is 1. The van der Waals surface area contributed by atoms with Gasteiger partial charge in [0, 0.05) is 18.5 Å². The maximum Gasteiger partial charge on any atom is 0.240 e. The van der Waals surface area contributed by atoms with E-state index in [1.54, 1.807) is 42.5 Å². The highest BCUT2D eigenvalue weighted by Gasteiger charge is 2.31. The third kappa shape index (κ3) is 6.72. The first-order chi connectivity index (χ1) is 15.8. The molecule has 0 saturated heterocycles. The highest BCUT2D eigenvalue weighted by molar-refractivity contribution is 7.89. The molecule has 0 saturated carbocycles. The molecular weight excluding hydrogens is 441 g/mol. The predicted molar refractivity (Wildman–Crippen MR) is 128 cm³/mol. The summed E-state index contributed by atoms with van der Waals surface area (Å²) in [4.78, 5) is 12.9. The molecule has 0 unspecified atom stereocenters. The number of amides is 1. The topological polar surface area (TPSA) is 101 Å². The Hall–Kier alpha value is -2.55. The first-order valence-corrected chi connectivity index (χ1v) is 12.8. The van der Waals surface area contributed by atoms with Crippen LogP contribution in [0, 0.1) is 5.82 Å². The molecule has 2 aromatic rings. The molecule has 2 aromatic carbocycles. The highest BCUT2D eigenvalue weighted by Crippen LogP contribution is 2.35. The minimum atomic E-state index is -3.53. The summed E-state index contributed by atoms with van der Waals surface area (Å²) < 4.78 is 40.6. The molecule has 1 amide bonds. The van der Waals surface area contributed by atoms with Crippen LogP contribution in [0.15, 0.2) is 66.1 Å². The lowest BCUT2D eigenvalue weighted by Gasteiger charge is -2.34. The molecule has 178 valence electrons. The van der Waals surface area contributed by atoms with Crippen molar-refractivity contribution in [2.75, 3.05) is 6.54 Å². The minimum Gasteiger partial charge on any atom is -0.351 e. The van der Waals surface area contributed by atoms with E-state index >= 15 is 0 Å². The van der Waals surface area contributed by atoms with E-state index in [2.05, 4.69) is 16.6 Å². The molecular formula is C25H32FN3O3S. The largest absolute Gasteiger partial charge is 0.351 e. The van der Waals surface area contributed by atoms with Crippen LogP contribution in [0.25, 0.3) is 0 Å². The van der Waals surface area contributed by atoms with Crippen LogP contribution >= 0.6 is 0 Å². The van der Waals surface area contributed by atoms with Crippen LogP contribution in [0.2, 0.25) is 0 Å². The molecule has 1 aliphatic carbocycles. The molecule has 0 radical (unpaired) electrons. The van der Waals surface area contributed by atoms with Gasteiger partial charge in [0.25, 0.3) is 0 Å². The smallest absolute Gasteiger partial charge is 0.240 e. The Labute approximate surface area is 195 Å². The number of unbranched alkanes of at least 4 members (excludes halogenated alkanes) is 1. The average molecular weight is 474 g/mol. The number of benzene rings is 2. The van der Waals surface area contributed by atoms with E-state index in [4.69, 9.17) is 5.73 Å². The summed E-state index contributed by atoms with van der Waals surface area (Å²) in [7, 11) is -3.53. The molecule has 0 fully saturated rings. The van der Waals surface area contributed by atoms with Crippen LogP contribution in [0.1, 0.15) is 49.1 Å². The van der Waals surface area contributed by atoms with Crippen LogP contribution in [0.3, 0.4) is 0 Å². The van der Waals surface area contributed by atoms with Crippen LogP contribution in [0.4, 0.5) is 4.39 Å². The Balaban J connectivity index is 1.46. The molecule has 3 atom stereocenters. The van der Waals surface area contributed by atoms with Crippen molar-refractivity contribution in [3.05, 3.63) is 78.1 Å². The molecule has 3 rings (SSSR count). The van der Waals surface area contributed by atoms with E-state index in [-0.39, 0.29) is 35.1 Å². The van der Waals surface area contributed by atoms with Crippen molar-refractivity contribution in [1.82, 2.24) is 10.0 Å².